The number of carbonyl (C=O) groups is 2. The summed E-state index contributed by atoms with van der Waals surface area (Å²) in [4.78, 5) is 25.2. The van der Waals surface area contributed by atoms with Gasteiger partial charge in [-0.15, -0.1) is 0 Å². The van der Waals surface area contributed by atoms with Crippen LogP contribution in [0.3, 0.4) is 0 Å². The van der Waals surface area contributed by atoms with Gasteiger partial charge in [0.2, 0.25) is 5.78 Å². The summed E-state index contributed by atoms with van der Waals surface area (Å²) in [6.45, 7) is 2.05. The molecule has 5 nitrogen and oxygen atoms in total. The van der Waals surface area contributed by atoms with E-state index in [2.05, 4.69) is 0 Å². The zero-order chi connectivity index (χ0) is 17.0. The van der Waals surface area contributed by atoms with Crippen LogP contribution in [0.1, 0.15) is 46.9 Å². The summed E-state index contributed by atoms with van der Waals surface area (Å²) < 4.78 is 22.8. The van der Waals surface area contributed by atoms with Gasteiger partial charge in [-0.2, -0.15) is 0 Å². The Balaban J connectivity index is 2.44. The predicted molar refractivity (Wildman–Crippen MR) is 88.8 cm³/mol. The molecule has 1 atom stereocenters. The van der Waals surface area contributed by atoms with Crippen LogP contribution < -0.4 is 9.47 Å². The van der Waals surface area contributed by atoms with Crippen LogP contribution in [0.25, 0.3) is 0 Å². The van der Waals surface area contributed by atoms with Gasteiger partial charge >= 0.3 is 0 Å². The minimum atomic E-state index is -1.49. The molecule has 0 aliphatic heterocycles. The number of ketones is 2. The minimum Gasteiger partial charge on any atom is -0.496 e. The highest BCUT2D eigenvalue weighted by Gasteiger charge is 2.34. The molecule has 0 fully saturated rings. The molecule has 1 aromatic rings. The third-order valence-electron chi connectivity index (χ3n) is 3.71. The Labute approximate surface area is 138 Å². The van der Waals surface area contributed by atoms with Crippen LogP contribution in [0.5, 0.6) is 11.5 Å². The third kappa shape index (κ3) is 3.37. The van der Waals surface area contributed by atoms with Crippen molar-refractivity contribution < 1.29 is 23.3 Å². The monoisotopic (exact) mass is 336 g/mol. The number of hydrogen-bond acceptors (Lipinski definition) is 5. The standard InChI is InChI=1S/C17H20O5S/c1-4-5-6-9-23(20)14-10-11(18)15-12(21-2)7-8-13(22-3)16(15)17(14)19/h7-8,10H,4-6,9H2,1-3H3. The molecule has 0 N–H and O–H groups in total. The number of methoxy groups -OCH3 is 2. The van der Waals surface area contributed by atoms with E-state index in [1.54, 1.807) is 12.1 Å². The molecular weight excluding hydrogens is 316 g/mol. The fourth-order valence-electron chi connectivity index (χ4n) is 2.52. The zero-order valence-corrected chi connectivity index (χ0v) is 14.3. The zero-order valence-electron chi connectivity index (χ0n) is 13.5. The Morgan fingerprint density at radius 2 is 1.61 bits per heavy atom. The number of hydrogen-bond donors (Lipinski definition) is 0. The molecule has 0 amide bonds. The van der Waals surface area contributed by atoms with E-state index in [1.165, 1.54) is 20.3 Å². The normalized spacial score (nSPS) is 15.0. The first-order chi connectivity index (χ1) is 11.0. The topological polar surface area (TPSA) is 69.7 Å². The molecule has 2 rings (SSSR count). The number of unbranched alkanes of at least 4 members (excludes halogenated alkanes) is 2. The highest BCUT2D eigenvalue weighted by atomic mass is 32.2. The lowest BCUT2D eigenvalue weighted by Gasteiger charge is -2.19. The summed E-state index contributed by atoms with van der Waals surface area (Å²) in [7, 11) is 1.37. The van der Waals surface area contributed by atoms with Gasteiger partial charge in [0.15, 0.2) is 5.78 Å². The first-order valence-electron chi connectivity index (χ1n) is 7.49. The molecule has 6 heteroatoms. The second-order valence-corrected chi connectivity index (χ2v) is 6.72. The summed E-state index contributed by atoms with van der Waals surface area (Å²) in [6, 6.07) is 3.16. The van der Waals surface area contributed by atoms with Crippen molar-refractivity contribution in [2.75, 3.05) is 20.0 Å². The van der Waals surface area contributed by atoms with E-state index in [0.717, 1.165) is 19.3 Å². The van der Waals surface area contributed by atoms with Crippen LogP contribution in [0.15, 0.2) is 23.1 Å². The predicted octanol–water partition coefficient (Wildman–Crippen LogP) is 2.91. The Bertz CT molecular complexity index is 690. The van der Waals surface area contributed by atoms with Gasteiger partial charge in [-0.1, -0.05) is 19.8 Å². The van der Waals surface area contributed by atoms with Gasteiger partial charge in [-0.3, -0.25) is 13.8 Å². The van der Waals surface area contributed by atoms with Gasteiger partial charge in [0.1, 0.15) is 11.5 Å². The molecule has 0 saturated carbocycles. The molecule has 0 saturated heterocycles. The van der Waals surface area contributed by atoms with Crippen LogP contribution in [-0.4, -0.2) is 35.7 Å². The Kier molecular flexibility index (Phi) is 5.71. The van der Waals surface area contributed by atoms with Gasteiger partial charge in [0, 0.05) is 11.8 Å². The number of ether oxygens (including phenoxy) is 2. The maximum absolute atomic E-state index is 12.7. The van der Waals surface area contributed by atoms with Crippen molar-refractivity contribution in [2.24, 2.45) is 0 Å². The number of rotatable bonds is 7. The largest absolute Gasteiger partial charge is 0.496 e. The Morgan fingerprint density at radius 1 is 1.00 bits per heavy atom. The summed E-state index contributed by atoms with van der Waals surface area (Å²) in [5, 5.41) is 0. The van der Waals surface area contributed by atoms with Crippen molar-refractivity contribution in [3.8, 4) is 11.5 Å². The molecule has 124 valence electrons. The van der Waals surface area contributed by atoms with E-state index in [4.69, 9.17) is 9.47 Å². The highest BCUT2D eigenvalue weighted by molar-refractivity contribution is 7.90. The van der Waals surface area contributed by atoms with Crippen LogP contribution >= 0.6 is 0 Å². The molecule has 0 radical (unpaired) electrons. The van der Waals surface area contributed by atoms with Crippen molar-refractivity contribution in [1.82, 2.24) is 0 Å². The number of fused-ring (bicyclic) bond motifs is 1. The molecule has 0 bridgehead atoms. The molecule has 1 aliphatic carbocycles. The Morgan fingerprint density at radius 3 is 2.17 bits per heavy atom. The summed E-state index contributed by atoms with van der Waals surface area (Å²) in [5.41, 5.74) is 0.310. The molecular formula is C17H20O5S. The lowest BCUT2D eigenvalue weighted by molar-refractivity contribution is 0.0985. The van der Waals surface area contributed by atoms with E-state index in [1.807, 2.05) is 6.92 Å². The lowest BCUT2D eigenvalue weighted by Crippen LogP contribution is -2.22. The van der Waals surface area contributed by atoms with Gasteiger partial charge in [-0.25, -0.2) is 0 Å². The van der Waals surface area contributed by atoms with E-state index in [-0.39, 0.29) is 27.6 Å². The van der Waals surface area contributed by atoms with E-state index in [9.17, 15) is 13.8 Å². The lowest BCUT2D eigenvalue weighted by atomic mass is 9.93. The number of allylic oxidation sites excluding steroid dienone is 2. The third-order valence-corrected chi connectivity index (χ3v) is 5.16. The fraction of sp³-hybridized carbons (Fsp3) is 0.412. The molecule has 0 spiro atoms. The van der Waals surface area contributed by atoms with E-state index in [0.29, 0.717) is 11.5 Å². The van der Waals surface area contributed by atoms with Gasteiger partial charge in [0.25, 0.3) is 0 Å². The van der Waals surface area contributed by atoms with Crippen molar-refractivity contribution >= 4 is 22.4 Å². The SMILES string of the molecule is CCCCCS(=O)C1=CC(=O)c2c(OC)ccc(OC)c2C1=O. The molecule has 1 aliphatic rings. The quantitative estimate of drug-likeness (QED) is 0.716. The van der Waals surface area contributed by atoms with E-state index < -0.39 is 16.6 Å². The van der Waals surface area contributed by atoms with Crippen LogP contribution in [0.2, 0.25) is 0 Å². The van der Waals surface area contributed by atoms with Gasteiger partial charge in [-0.05, 0) is 18.6 Å². The van der Waals surface area contributed by atoms with Crippen molar-refractivity contribution in [3.63, 3.8) is 0 Å². The first-order valence-corrected chi connectivity index (χ1v) is 8.81. The van der Waals surface area contributed by atoms with Crippen molar-refractivity contribution in [3.05, 3.63) is 34.2 Å². The highest BCUT2D eigenvalue weighted by Crippen LogP contribution is 2.36. The van der Waals surface area contributed by atoms with E-state index >= 15 is 0 Å². The minimum absolute atomic E-state index is 0.0464. The summed E-state index contributed by atoms with van der Waals surface area (Å²) in [6.07, 6.45) is 3.87. The maximum Gasteiger partial charge on any atom is 0.206 e. The van der Waals surface area contributed by atoms with Crippen LogP contribution in [-0.2, 0) is 10.8 Å². The molecule has 1 unspecified atom stereocenters. The van der Waals surface area contributed by atoms with Gasteiger partial charge in [0.05, 0.1) is 41.1 Å². The average molecular weight is 336 g/mol. The number of benzene rings is 1. The smallest absolute Gasteiger partial charge is 0.206 e. The fourth-order valence-corrected chi connectivity index (χ4v) is 3.75. The first kappa shape index (κ1) is 17.4. The Hall–Kier alpha value is -1.95. The molecule has 1 aromatic carbocycles. The maximum atomic E-state index is 12.7. The summed E-state index contributed by atoms with van der Waals surface area (Å²) >= 11 is 0. The number of Topliss-reactive ketones (excluding diaryl/α,β-unsaturated/α-hetero) is 1. The van der Waals surface area contributed by atoms with Gasteiger partial charge < -0.3 is 9.47 Å². The van der Waals surface area contributed by atoms with Crippen LogP contribution in [0.4, 0.5) is 0 Å². The number of carbonyl (C=O) groups excluding carboxylic acids is 2. The molecule has 23 heavy (non-hydrogen) atoms. The second kappa shape index (κ2) is 7.55. The molecule has 0 aromatic heterocycles. The average Bonchev–Trinajstić information content (AvgIpc) is 2.56. The molecule has 0 heterocycles. The van der Waals surface area contributed by atoms with Crippen molar-refractivity contribution in [2.45, 2.75) is 26.2 Å². The van der Waals surface area contributed by atoms with Crippen LogP contribution in [0, 0.1) is 0 Å². The van der Waals surface area contributed by atoms with Crippen molar-refractivity contribution in [1.29, 1.82) is 0 Å². The second-order valence-electron chi connectivity index (χ2n) is 5.18. The summed E-state index contributed by atoms with van der Waals surface area (Å²) in [5.74, 6) is 0.168.